The molecule has 2 aromatic rings. The summed E-state index contributed by atoms with van der Waals surface area (Å²) in [4.78, 5) is 12.2. The minimum atomic E-state index is 0.515. The van der Waals surface area contributed by atoms with Gasteiger partial charge in [-0.05, 0) is 13.0 Å². The van der Waals surface area contributed by atoms with E-state index in [-0.39, 0.29) is 0 Å². The lowest BCUT2D eigenvalue weighted by Crippen LogP contribution is -2.09. The Morgan fingerprint density at radius 3 is 2.50 bits per heavy atom. The summed E-state index contributed by atoms with van der Waals surface area (Å²) in [6.45, 7) is 6.77. The van der Waals surface area contributed by atoms with E-state index in [0.29, 0.717) is 11.9 Å². The standard InChI is InChI=1S/C8H10N6.C2H6/c1-2-9-7-12-6-13-14(7)8-10-4-3-5-11-8;1-2/h3-6H,2H2,1H3,(H,9,12,13);1-2H3. The third-order valence-electron chi connectivity index (χ3n) is 1.62. The van der Waals surface area contributed by atoms with Crippen LogP contribution in [0.25, 0.3) is 5.95 Å². The van der Waals surface area contributed by atoms with Gasteiger partial charge in [0.05, 0.1) is 0 Å². The van der Waals surface area contributed by atoms with Crippen LogP contribution in [-0.4, -0.2) is 31.3 Å². The van der Waals surface area contributed by atoms with Crippen molar-refractivity contribution < 1.29 is 0 Å². The first kappa shape index (κ1) is 12.1. The summed E-state index contributed by atoms with van der Waals surface area (Å²) in [5, 5.41) is 7.09. The first-order valence-corrected chi connectivity index (χ1v) is 5.33. The summed E-state index contributed by atoms with van der Waals surface area (Å²) >= 11 is 0. The second-order valence-corrected chi connectivity index (χ2v) is 2.57. The molecule has 0 saturated carbocycles. The summed E-state index contributed by atoms with van der Waals surface area (Å²) in [5.41, 5.74) is 0. The number of nitrogens with one attached hydrogen (secondary N) is 1. The molecule has 2 aromatic heterocycles. The lowest BCUT2D eigenvalue weighted by atomic mass is 10.7. The highest BCUT2D eigenvalue weighted by molar-refractivity contribution is 5.29. The minimum absolute atomic E-state index is 0.515. The Hall–Kier alpha value is -1.98. The van der Waals surface area contributed by atoms with Crippen LogP contribution in [0.5, 0.6) is 0 Å². The Labute approximate surface area is 94.8 Å². The fourth-order valence-electron chi connectivity index (χ4n) is 1.07. The van der Waals surface area contributed by atoms with Crippen LogP contribution >= 0.6 is 0 Å². The van der Waals surface area contributed by atoms with E-state index in [1.54, 1.807) is 23.1 Å². The minimum Gasteiger partial charge on any atom is -0.354 e. The second kappa shape index (κ2) is 6.49. The first-order chi connectivity index (χ1) is 7.92. The van der Waals surface area contributed by atoms with E-state index in [9.17, 15) is 0 Å². The van der Waals surface area contributed by atoms with Crippen molar-refractivity contribution in [2.45, 2.75) is 20.8 Å². The summed E-state index contributed by atoms with van der Waals surface area (Å²) in [7, 11) is 0. The van der Waals surface area contributed by atoms with E-state index in [4.69, 9.17) is 0 Å². The Kier molecular flexibility index (Phi) is 4.91. The quantitative estimate of drug-likeness (QED) is 0.849. The third-order valence-corrected chi connectivity index (χ3v) is 1.62. The summed E-state index contributed by atoms with van der Waals surface area (Å²) in [6.07, 6.45) is 4.80. The molecule has 0 aromatic carbocycles. The molecule has 1 N–H and O–H groups in total. The lowest BCUT2D eigenvalue weighted by Gasteiger charge is -2.03. The van der Waals surface area contributed by atoms with Gasteiger partial charge in [-0.1, -0.05) is 13.8 Å². The van der Waals surface area contributed by atoms with Crippen molar-refractivity contribution in [1.29, 1.82) is 0 Å². The number of aromatic nitrogens is 5. The van der Waals surface area contributed by atoms with Gasteiger partial charge in [0, 0.05) is 18.9 Å². The number of rotatable bonds is 3. The molecule has 0 saturated heterocycles. The predicted molar refractivity (Wildman–Crippen MR) is 62.5 cm³/mol. The van der Waals surface area contributed by atoms with Crippen molar-refractivity contribution in [2.75, 3.05) is 11.9 Å². The molecule has 2 heterocycles. The van der Waals surface area contributed by atoms with Gasteiger partial charge in [-0.25, -0.2) is 9.97 Å². The zero-order valence-electron chi connectivity index (χ0n) is 9.75. The summed E-state index contributed by atoms with van der Waals surface area (Å²) in [5.74, 6) is 1.17. The van der Waals surface area contributed by atoms with Crippen molar-refractivity contribution in [3.05, 3.63) is 24.8 Å². The smallest absolute Gasteiger partial charge is 0.253 e. The monoisotopic (exact) mass is 220 g/mol. The Morgan fingerprint density at radius 1 is 1.19 bits per heavy atom. The van der Waals surface area contributed by atoms with Gasteiger partial charge < -0.3 is 5.32 Å². The van der Waals surface area contributed by atoms with E-state index < -0.39 is 0 Å². The van der Waals surface area contributed by atoms with Gasteiger partial charge in [0.15, 0.2) is 0 Å². The van der Waals surface area contributed by atoms with Crippen LogP contribution in [0.3, 0.4) is 0 Å². The second-order valence-electron chi connectivity index (χ2n) is 2.57. The molecule has 0 fully saturated rings. The molecular formula is C10H16N6. The average Bonchev–Trinajstić information content (AvgIpc) is 2.82. The van der Waals surface area contributed by atoms with Gasteiger partial charge >= 0.3 is 0 Å². The van der Waals surface area contributed by atoms with Gasteiger partial charge in [-0.2, -0.15) is 14.8 Å². The van der Waals surface area contributed by atoms with Crippen LogP contribution in [0.15, 0.2) is 24.8 Å². The molecule has 2 rings (SSSR count). The molecule has 6 nitrogen and oxygen atoms in total. The van der Waals surface area contributed by atoms with E-state index in [1.807, 2.05) is 20.8 Å². The first-order valence-electron chi connectivity index (χ1n) is 5.33. The van der Waals surface area contributed by atoms with Gasteiger partial charge in [0.2, 0.25) is 5.95 Å². The molecule has 0 atom stereocenters. The van der Waals surface area contributed by atoms with E-state index >= 15 is 0 Å². The largest absolute Gasteiger partial charge is 0.354 e. The zero-order chi connectivity index (χ0) is 11.8. The van der Waals surface area contributed by atoms with Gasteiger partial charge in [0.25, 0.3) is 5.95 Å². The van der Waals surface area contributed by atoms with Gasteiger partial charge in [0.1, 0.15) is 6.33 Å². The van der Waals surface area contributed by atoms with E-state index in [1.165, 1.54) is 6.33 Å². The van der Waals surface area contributed by atoms with Crippen LogP contribution in [0, 0.1) is 0 Å². The topological polar surface area (TPSA) is 68.5 Å². The molecule has 16 heavy (non-hydrogen) atoms. The molecular weight excluding hydrogens is 204 g/mol. The maximum Gasteiger partial charge on any atom is 0.253 e. The van der Waals surface area contributed by atoms with Crippen molar-refractivity contribution in [1.82, 2.24) is 24.7 Å². The molecule has 0 unspecified atom stereocenters. The maximum absolute atomic E-state index is 4.07. The van der Waals surface area contributed by atoms with Crippen LogP contribution in [0.2, 0.25) is 0 Å². The van der Waals surface area contributed by atoms with Crippen LogP contribution in [0.1, 0.15) is 20.8 Å². The van der Waals surface area contributed by atoms with Crippen molar-refractivity contribution in [2.24, 2.45) is 0 Å². The fraction of sp³-hybridized carbons (Fsp3) is 0.400. The van der Waals surface area contributed by atoms with E-state index in [2.05, 4.69) is 25.4 Å². The van der Waals surface area contributed by atoms with Crippen molar-refractivity contribution >= 4 is 5.95 Å². The van der Waals surface area contributed by atoms with Crippen molar-refractivity contribution in [3.8, 4) is 5.95 Å². The molecule has 86 valence electrons. The highest BCUT2D eigenvalue weighted by Gasteiger charge is 2.06. The summed E-state index contributed by atoms with van der Waals surface area (Å²) in [6, 6.07) is 1.76. The SMILES string of the molecule is CC.CCNc1ncnn1-c1ncccn1. The number of nitrogens with zero attached hydrogens (tertiary/aromatic N) is 5. The molecule has 0 radical (unpaired) electrons. The molecule has 0 aliphatic carbocycles. The van der Waals surface area contributed by atoms with Crippen LogP contribution < -0.4 is 5.32 Å². The van der Waals surface area contributed by atoms with Gasteiger partial charge in [-0.15, -0.1) is 0 Å². The molecule has 0 amide bonds. The number of hydrogen-bond acceptors (Lipinski definition) is 5. The fourth-order valence-corrected chi connectivity index (χ4v) is 1.07. The van der Waals surface area contributed by atoms with Crippen molar-refractivity contribution in [3.63, 3.8) is 0 Å². The molecule has 0 aliphatic heterocycles. The molecule has 0 aliphatic rings. The Bertz CT molecular complexity index is 397. The normalized spacial score (nSPS) is 9.19. The molecule has 0 bridgehead atoms. The Morgan fingerprint density at radius 2 is 1.88 bits per heavy atom. The molecule has 0 spiro atoms. The van der Waals surface area contributed by atoms with Gasteiger partial charge in [-0.3, -0.25) is 0 Å². The average molecular weight is 220 g/mol. The predicted octanol–water partition coefficient (Wildman–Crippen LogP) is 1.52. The van der Waals surface area contributed by atoms with Crippen LogP contribution in [0.4, 0.5) is 5.95 Å². The Balaban J connectivity index is 0.000000606. The number of anilines is 1. The third kappa shape index (κ3) is 2.75. The zero-order valence-corrected chi connectivity index (χ0v) is 9.75. The highest BCUT2D eigenvalue weighted by Crippen LogP contribution is 2.05. The lowest BCUT2D eigenvalue weighted by molar-refractivity contribution is 0.808. The summed E-state index contributed by atoms with van der Waals surface area (Å²) < 4.78 is 1.56. The maximum atomic E-state index is 4.07. The molecule has 6 heteroatoms. The van der Waals surface area contributed by atoms with E-state index in [0.717, 1.165) is 6.54 Å². The van der Waals surface area contributed by atoms with Crippen LogP contribution in [-0.2, 0) is 0 Å². The number of hydrogen-bond donors (Lipinski definition) is 1. The highest BCUT2D eigenvalue weighted by atomic mass is 15.4.